The van der Waals surface area contributed by atoms with Crippen LogP contribution in [0.3, 0.4) is 0 Å². The van der Waals surface area contributed by atoms with Crippen LogP contribution >= 0.6 is 0 Å². The fourth-order valence-corrected chi connectivity index (χ4v) is 0.215. The van der Waals surface area contributed by atoms with E-state index in [-0.39, 0.29) is 23.0 Å². The summed E-state index contributed by atoms with van der Waals surface area (Å²) in [6.45, 7) is 16.9. The zero-order valence-electron chi connectivity index (χ0n) is 7.83. The topological polar surface area (TPSA) is 86.0 Å². The number of methoxy groups -OCH3 is 1. The van der Waals surface area contributed by atoms with Crippen molar-refractivity contribution in [2.24, 2.45) is 0 Å². The molecule has 4 radical (unpaired) electrons. The Morgan fingerprint density at radius 3 is 1.73 bits per heavy atom. The van der Waals surface area contributed by atoms with E-state index >= 15 is 0 Å². The van der Waals surface area contributed by atoms with Crippen molar-refractivity contribution in [1.29, 1.82) is 0 Å². The number of carbonyl (C=O) groups excluding carboxylic acids is 1. The Hall–Kier alpha value is -0.791. The van der Waals surface area contributed by atoms with Crippen molar-refractivity contribution in [3.63, 3.8) is 0 Å². The van der Waals surface area contributed by atoms with Crippen LogP contribution in [-0.4, -0.2) is 13.1 Å². The van der Waals surface area contributed by atoms with Gasteiger partial charge < -0.3 is 4.74 Å². The molecule has 0 saturated heterocycles. The first-order valence-corrected chi connectivity index (χ1v) is 2.79. The van der Waals surface area contributed by atoms with Gasteiger partial charge in [-0.15, -0.1) is 0 Å². The maximum Gasteiger partial charge on any atom is 0.309 e. The van der Waals surface area contributed by atoms with Crippen molar-refractivity contribution in [3.05, 3.63) is 46.1 Å². The minimum absolute atomic E-state index is 0. The number of carbonyl (C=O) groups is 1. The summed E-state index contributed by atoms with van der Waals surface area (Å²) >= 11 is 0. The van der Waals surface area contributed by atoms with E-state index in [9.17, 15) is 4.79 Å². The summed E-state index contributed by atoms with van der Waals surface area (Å²) in [7, 11) is 1.33. The zero-order valence-corrected chi connectivity index (χ0v) is 8.94. The number of esters is 1. The third kappa shape index (κ3) is 61.2. The summed E-state index contributed by atoms with van der Waals surface area (Å²) in [5, 5.41) is 0. The first-order chi connectivity index (χ1) is 6.81. The van der Waals surface area contributed by atoms with Crippen molar-refractivity contribution in [2.45, 2.75) is 0 Å². The first-order valence-electron chi connectivity index (χ1n) is 2.79. The molecule has 5 nitrogen and oxygen atoms in total. The molecule has 0 fully saturated rings. The molecule has 0 aliphatic heterocycles. The van der Waals surface area contributed by atoms with Gasteiger partial charge in [-0.3, -0.25) is 4.79 Å². The summed E-state index contributed by atoms with van der Waals surface area (Å²) in [6.07, 6.45) is 4.33. The van der Waals surface area contributed by atoms with E-state index in [0.717, 1.165) is 0 Å². The Morgan fingerprint density at radius 2 is 1.53 bits per heavy atom. The maximum atomic E-state index is 10.2. The molecule has 0 aromatic heterocycles. The molecule has 0 aromatic rings. The van der Waals surface area contributed by atoms with E-state index in [4.69, 9.17) is 14.0 Å². The van der Waals surface area contributed by atoms with Crippen LogP contribution in [-0.2, 0) is 40.6 Å². The van der Waals surface area contributed by atoms with E-state index in [2.05, 4.69) is 31.6 Å². The number of hydrogen-bond donors (Lipinski definition) is 0. The molecule has 0 bridgehead atoms. The van der Waals surface area contributed by atoms with Crippen LogP contribution in [0.1, 0.15) is 0 Å². The minimum atomic E-state index is -0.357. The normalized spacial score (nSPS) is 5.07. The van der Waals surface area contributed by atoms with Gasteiger partial charge in [-0.25, -0.2) is 0 Å². The molecule has 0 unspecified atom stereocenters. The van der Waals surface area contributed by atoms with Gasteiger partial charge in [0.1, 0.15) is 0 Å². The molecule has 0 spiro atoms. The van der Waals surface area contributed by atoms with Gasteiger partial charge >= 0.3 is 39.9 Å². The third-order valence-corrected chi connectivity index (χ3v) is 0.570. The Bertz CT molecular complexity index is 147. The van der Waals surface area contributed by atoms with E-state index in [1.165, 1.54) is 26.4 Å². The molecule has 0 atom stereocenters. The molecule has 15 heavy (non-hydrogen) atoms. The maximum absolute atomic E-state index is 10.2. The largest absolute Gasteiger partial charge is 0.469 e. The summed E-state index contributed by atoms with van der Waals surface area (Å²) in [5.74, 6) is -0.357. The van der Waals surface area contributed by atoms with Crippen molar-refractivity contribution in [2.75, 3.05) is 7.11 Å². The van der Waals surface area contributed by atoms with Crippen molar-refractivity contribution in [3.8, 4) is 0 Å². The molecule has 0 heterocycles. The molecular formula is C9H8FeO5. The molecule has 0 amide bonds. The van der Waals surface area contributed by atoms with Crippen LogP contribution in [0.4, 0.5) is 0 Å². The molecule has 0 aromatic carbocycles. The van der Waals surface area contributed by atoms with Crippen molar-refractivity contribution in [1.82, 2.24) is 0 Å². The van der Waals surface area contributed by atoms with E-state index in [0.29, 0.717) is 0 Å². The first kappa shape index (κ1) is 29.2. The van der Waals surface area contributed by atoms with Gasteiger partial charge in [0.05, 0.1) is 13.5 Å². The number of unbranched alkanes of at least 4 members (excludes halogenated alkanes) is 1. The van der Waals surface area contributed by atoms with E-state index in [1.807, 2.05) is 0 Å². The van der Waals surface area contributed by atoms with Gasteiger partial charge in [-0.2, -0.15) is 0 Å². The van der Waals surface area contributed by atoms with E-state index in [1.54, 1.807) is 0 Å². The van der Waals surface area contributed by atoms with Crippen molar-refractivity contribution >= 4 is 5.97 Å². The Morgan fingerprint density at radius 1 is 1.20 bits per heavy atom. The Labute approximate surface area is 100 Å². The van der Waals surface area contributed by atoms with E-state index < -0.39 is 0 Å². The van der Waals surface area contributed by atoms with Gasteiger partial charge in [-0.05, 0) is 19.8 Å². The summed E-state index contributed by atoms with van der Waals surface area (Å²) in [5.41, 5.74) is 0. The molecule has 0 saturated carbocycles. The number of rotatable bonds is 3. The molecular weight excluding hydrogens is 244 g/mol. The summed E-state index contributed by atoms with van der Waals surface area (Å²) in [4.78, 5) is 10.2. The van der Waals surface area contributed by atoms with Gasteiger partial charge in [-0.1, -0.05) is 0 Å². The SMILES string of the molecule is [C-]#[O+].[C-]#[O+].[C-]#[O+].[CH2][CH][CH][CH]C(=O)OC.[Fe]. The second kappa shape index (κ2) is 51.1. The van der Waals surface area contributed by atoms with Crippen LogP contribution in [0.25, 0.3) is 0 Å². The Balaban J connectivity index is -0.0000000410. The quantitative estimate of drug-likeness (QED) is 0.317. The van der Waals surface area contributed by atoms with Gasteiger partial charge in [0.2, 0.25) is 0 Å². The van der Waals surface area contributed by atoms with Crippen LogP contribution < -0.4 is 0 Å². The number of ether oxygens (including phenoxy) is 1. The van der Waals surface area contributed by atoms with Crippen LogP contribution in [0.2, 0.25) is 0 Å². The van der Waals surface area contributed by atoms with Crippen LogP contribution in [0.15, 0.2) is 0 Å². The monoisotopic (exact) mass is 252 g/mol. The number of hydrogen-bond acceptors (Lipinski definition) is 2. The Kier molecular flexibility index (Phi) is 99.5. The second-order valence-electron chi connectivity index (χ2n) is 1.12. The molecule has 0 aliphatic rings. The molecule has 0 aliphatic carbocycles. The zero-order chi connectivity index (χ0) is 12.4. The molecule has 0 rings (SSSR count). The summed E-state index contributed by atoms with van der Waals surface area (Å²) < 4.78 is 26.8. The smallest absolute Gasteiger partial charge is 0.309 e. The molecule has 0 N–H and O–H groups in total. The van der Waals surface area contributed by atoms with Gasteiger partial charge in [0.25, 0.3) is 0 Å². The van der Waals surface area contributed by atoms with Crippen LogP contribution in [0, 0.1) is 46.1 Å². The predicted octanol–water partition coefficient (Wildman–Crippen LogP) is 0.491. The van der Waals surface area contributed by atoms with Crippen molar-refractivity contribution < 1.29 is 40.6 Å². The van der Waals surface area contributed by atoms with Crippen LogP contribution in [0.5, 0.6) is 0 Å². The third-order valence-electron chi connectivity index (χ3n) is 0.570. The molecule has 6 heteroatoms. The summed E-state index contributed by atoms with van der Waals surface area (Å²) in [6, 6.07) is 0. The average molecular weight is 252 g/mol. The predicted molar refractivity (Wildman–Crippen MR) is 42.1 cm³/mol. The fourth-order valence-electron chi connectivity index (χ4n) is 0.215. The fraction of sp³-hybridized carbons (Fsp3) is 0.111. The second-order valence-corrected chi connectivity index (χ2v) is 1.12. The average Bonchev–Trinajstić information content (AvgIpc) is 2.33. The van der Waals surface area contributed by atoms with Gasteiger partial charge in [0.15, 0.2) is 0 Å². The van der Waals surface area contributed by atoms with Gasteiger partial charge in [0, 0.05) is 17.1 Å². The standard InChI is InChI=1S/C6H8O2.3CO.Fe/c1-3-4-5-6(7)8-2;3*1-2;/h3-5H,1H2,2H3;;;;. The molecule has 82 valence electrons. The minimum Gasteiger partial charge on any atom is -0.469 e.